The predicted octanol–water partition coefficient (Wildman–Crippen LogP) is 1.96. The van der Waals surface area contributed by atoms with Crippen LogP contribution in [0.3, 0.4) is 0 Å². The van der Waals surface area contributed by atoms with Crippen molar-refractivity contribution in [3.05, 3.63) is 29.0 Å². The first-order valence-corrected chi connectivity index (χ1v) is 6.21. The molecule has 0 aromatic carbocycles. The lowest BCUT2D eigenvalue weighted by Crippen LogP contribution is -2.31. The Morgan fingerprint density at radius 1 is 1.44 bits per heavy atom. The van der Waals surface area contributed by atoms with Crippen LogP contribution < -0.4 is 0 Å². The van der Waals surface area contributed by atoms with Gasteiger partial charge in [-0.3, -0.25) is 4.90 Å². The highest BCUT2D eigenvalue weighted by atomic mass is 32.2. The number of rotatable bonds is 3. The zero-order valence-corrected chi connectivity index (χ0v) is 10.5. The summed E-state index contributed by atoms with van der Waals surface area (Å²) in [5.41, 5.74) is 1.15. The molecule has 1 aliphatic rings. The highest BCUT2D eigenvalue weighted by molar-refractivity contribution is 8.05. The molecule has 0 unspecified atom stereocenters. The van der Waals surface area contributed by atoms with Gasteiger partial charge in [-0.25, -0.2) is 0 Å². The number of allylic oxidation sites excluding steroid dienone is 1. The predicted molar refractivity (Wildman–Crippen MR) is 67.8 cm³/mol. The van der Waals surface area contributed by atoms with Gasteiger partial charge in [-0.15, -0.1) is 22.0 Å². The summed E-state index contributed by atoms with van der Waals surface area (Å²) in [5, 5.41) is 12.4. The van der Waals surface area contributed by atoms with Gasteiger partial charge in [0.25, 0.3) is 0 Å². The molecule has 0 radical (unpaired) electrons. The van der Waals surface area contributed by atoms with Gasteiger partial charge in [0.15, 0.2) is 5.82 Å². The number of nitrogens with zero attached hydrogens (tertiary/aromatic N) is 4. The summed E-state index contributed by atoms with van der Waals surface area (Å²) in [6.45, 7) is 8.65. The van der Waals surface area contributed by atoms with Crippen molar-refractivity contribution >= 4 is 17.3 Å². The van der Waals surface area contributed by atoms with E-state index in [2.05, 4.69) is 45.6 Å². The summed E-state index contributed by atoms with van der Waals surface area (Å²) >= 11 is 1.58. The lowest BCUT2D eigenvalue weighted by molar-refractivity contribution is 0.264. The van der Waals surface area contributed by atoms with E-state index in [4.69, 9.17) is 0 Å². The van der Waals surface area contributed by atoms with Crippen LogP contribution in [0, 0.1) is 0 Å². The van der Waals surface area contributed by atoms with Crippen LogP contribution in [-0.2, 0) is 13.1 Å². The van der Waals surface area contributed by atoms with Gasteiger partial charge in [-0.2, -0.15) is 0 Å². The molecule has 0 saturated carbocycles. The van der Waals surface area contributed by atoms with E-state index in [0.29, 0.717) is 0 Å². The third kappa shape index (κ3) is 2.20. The molecular weight excluding hydrogens is 220 g/mol. The maximum Gasteiger partial charge on any atom is 0.160 e. The average molecular weight is 236 g/mol. The smallest absolute Gasteiger partial charge is 0.160 e. The zero-order valence-electron chi connectivity index (χ0n) is 9.68. The molecule has 1 aliphatic heterocycles. The third-order valence-corrected chi connectivity index (χ3v) is 3.32. The molecule has 0 N–H and O–H groups in total. The normalized spacial score (nSPS) is 17.2. The van der Waals surface area contributed by atoms with Crippen LogP contribution >= 0.6 is 11.8 Å². The molecule has 1 aromatic rings. The monoisotopic (exact) mass is 236 g/mol. The Labute approximate surface area is 100 Å². The van der Waals surface area contributed by atoms with E-state index in [1.54, 1.807) is 11.8 Å². The Bertz CT molecular complexity index is 422. The molecule has 5 heteroatoms. The van der Waals surface area contributed by atoms with Crippen LogP contribution in [0.5, 0.6) is 0 Å². The summed E-state index contributed by atoms with van der Waals surface area (Å²) in [4.78, 5) is 2.26. The van der Waals surface area contributed by atoms with Crippen molar-refractivity contribution in [1.29, 1.82) is 0 Å². The molecule has 2 rings (SSSR count). The molecule has 0 bridgehead atoms. The van der Waals surface area contributed by atoms with Gasteiger partial charge >= 0.3 is 0 Å². The highest BCUT2D eigenvalue weighted by Gasteiger charge is 2.18. The van der Waals surface area contributed by atoms with Crippen molar-refractivity contribution in [2.75, 3.05) is 13.6 Å². The molecule has 0 fully saturated rings. The maximum absolute atomic E-state index is 4.26. The molecule has 2 heterocycles. The fourth-order valence-electron chi connectivity index (χ4n) is 1.77. The quantitative estimate of drug-likeness (QED) is 0.803. The molecule has 0 atom stereocenters. The van der Waals surface area contributed by atoms with Crippen molar-refractivity contribution in [3.63, 3.8) is 0 Å². The van der Waals surface area contributed by atoms with Crippen molar-refractivity contribution in [1.82, 2.24) is 19.7 Å². The number of thioether (sulfide) groups is 1. The van der Waals surface area contributed by atoms with Crippen LogP contribution in [0.25, 0.3) is 5.57 Å². The molecule has 0 aliphatic carbocycles. The van der Waals surface area contributed by atoms with Crippen molar-refractivity contribution in [2.24, 2.45) is 0 Å². The minimum Gasteiger partial charge on any atom is -0.309 e. The lowest BCUT2D eigenvalue weighted by Gasteiger charge is -2.23. The van der Waals surface area contributed by atoms with Crippen LogP contribution in [0.4, 0.5) is 0 Å². The minimum absolute atomic E-state index is 0.884. The van der Waals surface area contributed by atoms with Crippen LogP contribution in [0.15, 0.2) is 17.4 Å². The van der Waals surface area contributed by atoms with E-state index in [1.807, 2.05) is 5.41 Å². The molecule has 4 nitrogen and oxygen atoms in total. The fourth-order valence-corrected chi connectivity index (χ4v) is 2.18. The number of hydrogen-bond acceptors (Lipinski definition) is 4. The minimum atomic E-state index is 0.884. The zero-order chi connectivity index (χ0) is 11.5. The largest absolute Gasteiger partial charge is 0.309 e. The third-order valence-electron chi connectivity index (χ3n) is 2.64. The summed E-state index contributed by atoms with van der Waals surface area (Å²) < 4.78 is 2.20. The topological polar surface area (TPSA) is 34.0 Å². The van der Waals surface area contributed by atoms with Gasteiger partial charge in [-0.1, -0.05) is 6.58 Å². The fraction of sp³-hybridized carbons (Fsp3) is 0.455. The number of aromatic nitrogens is 3. The second kappa shape index (κ2) is 4.84. The average Bonchev–Trinajstić information content (AvgIpc) is 2.68. The Balaban J connectivity index is 2.27. The first-order chi connectivity index (χ1) is 7.72. The number of likely N-dealkylation sites (N-methyl/N-ethyl adjacent to an activating group) is 1. The second-order valence-corrected chi connectivity index (χ2v) is 4.77. The SMILES string of the molecule is C=CS/C=C(\C)c1nnc2n1CCN(C)C2. The Morgan fingerprint density at radius 2 is 2.25 bits per heavy atom. The summed E-state index contributed by atoms with van der Waals surface area (Å²) in [7, 11) is 2.11. The van der Waals surface area contributed by atoms with E-state index in [1.165, 1.54) is 0 Å². The molecule has 0 saturated heterocycles. The number of hydrogen-bond donors (Lipinski definition) is 0. The van der Waals surface area contributed by atoms with Crippen LogP contribution in [0.2, 0.25) is 0 Å². The Hall–Kier alpha value is -1.07. The van der Waals surface area contributed by atoms with Gasteiger partial charge in [0.2, 0.25) is 0 Å². The van der Waals surface area contributed by atoms with Gasteiger partial charge in [-0.05, 0) is 24.8 Å². The first kappa shape index (κ1) is 11.4. The van der Waals surface area contributed by atoms with E-state index in [0.717, 1.165) is 36.9 Å². The molecule has 86 valence electrons. The van der Waals surface area contributed by atoms with E-state index in [9.17, 15) is 0 Å². The lowest BCUT2D eigenvalue weighted by atomic mass is 10.3. The second-order valence-electron chi connectivity index (χ2n) is 3.93. The van der Waals surface area contributed by atoms with E-state index < -0.39 is 0 Å². The highest BCUT2D eigenvalue weighted by Crippen LogP contribution is 2.20. The van der Waals surface area contributed by atoms with Crippen LogP contribution in [-0.4, -0.2) is 33.3 Å². The van der Waals surface area contributed by atoms with Gasteiger partial charge in [0, 0.05) is 18.7 Å². The molecule has 0 amide bonds. The van der Waals surface area contributed by atoms with Crippen LogP contribution in [0.1, 0.15) is 18.6 Å². The Kier molecular flexibility index (Phi) is 3.46. The Morgan fingerprint density at radius 3 is 3.00 bits per heavy atom. The maximum atomic E-state index is 4.26. The van der Waals surface area contributed by atoms with Crippen molar-refractivity contribution < 1.29 is 0 Å². The summed E-state index contributed by atoms with van der Waals surface area (Å²) in [6, 6.07) is 0. The molecular formula is C11H16N4S. The first-order valence-electron chi connectivity index (χ1n) is 5.26. The molecule has 0 spiro atoms. The van der Waals surface area contributed by atoms with E-state index >= 15 is 0 Å². The van der Waals surface area contributed by atoms with Gasteiger partial charge in [0.05, 0.1) is 6.54 Å². The van der Waals surface area contributed by atoms with E-state index in [-0.39, 0.29) is 0 Å². The standard InChI is InChI=1S/C11H16N4S/c1-4-16-8-9(2)11-13-12-10-7-14(3)5-6-15(10)11/h4,8H,1,5-7H2,2-3H3/b9-8+. The number of fused-ring (bicyclic) bond motifs is 1. The van der Waals surface area contributed by atoms with Gasteiger partial charge in [0.1, 0.15) is 5.82 Å². The summed E-state index contributed by atoms with van der Waals surface area (Å²) in [6.07, 6.45) is 0. The van der Waals surface area contributed by atoms with Crippen molar-refractivity contribution in [3.8, 4) is 0 Å². The summed E-state index contributed by atoms with van der Waals surface area (Å²) in [5.74, 6) is 2.04. The van der Waals surface area contributed by atoms with Gasteiger partial charge < -0.3 is 4.57 Å². The molecule has 16 heavy (non-hydrogen) atoms. The molecule has 1 aromatic heterocycles. The van der Waals surface area contributed by atoms with Crippen molar-refractivity contribution in [2.45, 2.75) is 20.0 Å².